The lowest BCUT2D eigenvalue weighted by Crippen LogP contribution is -2.36. The SMILES string of the molecule is CCCCOc1ccc(C2/C(=C(\[O-])c3ccc4c(c3)CC(C)O4)C(=O)C(=O)N2CCC[n+]2cc[nH]c2)cc1OC. The van der Waals surface area contributed by atoms with Crippen molar-refractivity contribution in [1.82, 2.24) is 9.88 Å². The number of aryl methyl sites for hydroxylation is 1. The Morgan fingerprint density at radius 3 is 2.77 bits per heavy atom. The molecule has 0 saturated carbocycles. The zero-order valence-corrected chi connectivity index (χ0v) is 23.1. The van der Waals surface area contributed by atoms with Crippen LogP contribution in [0, 0.1) is 0 Å². The molecule has 210 valence electrons. The molecule has 2 aliphatic rings. The van der Waals surface area contributed by atoms with Crippen LogP contribution in [-0.4, -0.2) is 47.9 Å². The Balaban J connectivity index is 1.53. The zero-order chi connectivity index (χ0) is 28.2. The van der Waals surface area contributed by atoms with Gasteiger partial charge in [0, 0.05) is 25.0 Å². The average molecular weight is 546 g/mol. The van der Waals surface area contributed by atoms with Crippen molar-refractivity contribution < 1.29 is 33.5 Å². The Morgan fingerprint density at radius 1 is 1.18 bits per heavy atom. The maximum atomic E-state index is 13.9. The number of H-pyrrole nitrogens is 1. The van der Waals surface area contributed by atoms with Crippen LogP contribution < -0.4 is 23.9 Å². The van der Waals surface area contributed by atoms with E-state index in [1.54, 1.807) is 43.5 Å². The summed E-state index contributed by atoms with van der Waals surface area (Å²) in [5, 5.41) is 13.9. The monoisotopic (exact) mass is 545 g/mol. The van der Waals surface area contributed by atoms with Crippen molar-refractivity contribution >= 4 is 17.4 Å². The number of carbonyl (C=O) groups excluding carboxylic acids is 2. The Kier molecular flexibility index (Phi) is 8.09. The van der Waals surface area contributed by atoms with Crippen molar-refractivity contribution in [2.75, 3.05) is 20.3 Å². The summed E-state index contributed by atoms with van der Waals surface area (Å²) in [5.74, 6) is -0.0864. The molecule has 2 unspecified atom stereocenters. The molecule has 5 rings (SSSR count). The standard InChI is InChI=1S/C31H35N3O6/c1-4-5-15-39-25-10-7-21(18-26(25)38-3)28-27(29(35)22-8-9-24-23(17-22)16-20(2)40-24)30(36)31(37)34(28)13-6-12-33-14-11-32-19-33/h7-11,14,17-20,28H,4-6,12-13,15-16H2,1-3H3,(H,35,36). The third kappa shape index (κ3) is 5.41. The fourth-order valence-corrected chi connectivity index (χ4v) is 5.35. The average Bonchev–Trinajstić information content (AvgIpc) is 3.67. The zero-order valence-electron chi connectivity index (χ0n) is 23.1. The number of nitrogens with zero attached hydrogens (tertiary/aromatic N) is 2. The molecule has 1 N–H and O–H groups in total. The number of methoxy groups -OCH3 is 1. The van der Waals surface area contributed by atoms with E-state index in [4.69, 9.17) is 14.2 Å². The summed E-state index contributed by atoms with van der Waals surface area (Å²) < 4.78 is 19.2. The molecular formula is C31H35N3O6. The van der Waals surface area contributed by atoms with E-state index in [0.29, 0.717) is 55.2 Å². The summed E-state index contributed by atoms with van der Waals surface area (Å²) in [4.78, 5) is 31.3. The number of carbonyl (C=O) groups is 2. The van der Waals surface area contributed by atoms with E-state index >= 15 is 0 Å². The van der Waals surface area contributed by atoms with Crippen molar-refractivity contribution in [3.63, 3.8) is 0 Å². The van der Waals surface area contributed by atoms with Gasteiger partial charge in [-0.1, -0.05) is 31.2 Å². The van der Waals surface area contributed by atoms with Gasteiger partial charge in [0.05, 0.1) is 26.3 Å². The molecule has 40 heavy (non-hydrogen) atoms. The topological polar surface area (TPSA) is 108 Å². The number of Topliss-reactive ketones (excluding diaryl/α,β-unsaturated/α-hetero) is 1. The van der Waals surface area contributed by atoms with Crippen LogP contribution in [0.25, 0.3) is 5.76 Å². The molecule has 2 atom stereocenters. The van der Waals surface area contributed by atoms with Gasteiger partial charge in [-0.2, -0.15) is 0 Å². The summed E-state index contributed by atoms with van der Waals surface area (Å²) in [5.41, 5.74) is 1.86. The third-order valence-corrected chi connectivity index (χ3v) is 7.36. The summed E-state index contributed by atoms with van der Waals surface area (Å²) >= 11 is 0. The summed E-state index contributed by atoms with van der Waals surface area (Å²) in [6.45, 7) is 5.55. The van der Waals surface area contributed by atoms with Gasteiger partial charge in [0.15, 0.2) is 11.5 Å². The van der Waals surface area contributed by atoms with Gasteiger partial charge in [-0.25, -0.2) is 4.57 Å². The predicted octanol–water partition coefficient (Wildman–Crippen LogP) is 3.13. The highest BCUT2D eigenvalue weighted by Gasteiger charge is 2.44. The van der Waals surface area contributed by atoms with E-state index in [1.807, 2.05) is 30.2 Å². The number of nitrogens with one attached hydrogen (secondary N) is 1. The quantitative estimate of drug-likeness (QED) is 0.130. The summed E-state index contributed by atoms with van der Waals surface area (Å²) in [6.07, 6.45) is 8.75. The van der Waals surface area contributed by atoms with E-state index < -0.39 is 23.5 Å². The number of likely N-dealkylation sites (tertiary alicyclic amines) is 1. The number of benzene rings is 2. The molecule has 2 aromatic carbocycles. The summed E-state index contributed by atoms with van der Waals surface area (Å²) in [6, 6.07) is 9.71. The van der Waals surface area contributed by atoms with Crippen molar-refractivity contribution in [1.29, 1.82) is 0 Å². The van der Waals surface area contributed by atoms with Crippen molar-refractivity contribution in [2.24, 2.45) is 0 Å². The van der Waals surface area contributed by atoms with Crippen LogP contribution in [0.4, 0.5) is 0 Å². The largest absolute Gasteiger partial charge is 0.872 e. The first-order valence-electron chi connectivity index (χ1n) is 13.8. The molecule has 1 amide bonds. The molecule has 1 fully saturated rings. The Labute approximate surface area is 234 Å². The lowest BCUT2D eigenvalue weighted by molar-refractivity contribution is -0.695. The molecular weight excluding hydrogens is 510 g/mol. The van der Waals surface area contributed by atoms with Gasteiger partial charge in [-0.15, -0.1) is 0 Å². The number of ketones is 1. The molecule has 2 aliphatic heterocycles. The molecule has 3 heterocycles. The van der Waals surface area contributed by atoms with Gasteiger partial charge in [0.25, 0.3) is 5.91 Å². The van der Waals surface area contributed by atoms with Crippen LogP contribution in [0.1, 0.15) is 55.8 Å². The van der Waals surface area contributed by atoms with E-state index in [1.165, 1.54) is 4.90 Å². The molecule has 3 aromatic rings. The first-order valence-corrected chi connectivity index (χ1v) is 13.8. The maximum Gasteiger partial charge on any atom is 0.295 e. The molecule has 0 aliphatic carbocycles. The van der Waals surface area contributed by atoms with Crippen LogP contribution in [0.15, 0.2) is 60.7 Å². The lowest BCUT2D eigenvalue weighted by atomic mass is 9.94. The molecule has 0 radical (unpaired) electrons. The first kappa shape index (κ1) is 27.3. The number of aromatic amines is 1. The second-order valence-corrected chi connectivity index (χ2v) is 10.2. The number of hydrogen-bond acceptors (Lipinski definition) is 6. The number of ether oxygens (including phenoxy) is 3. The number of fused-ring (bicyclic) bond motifs is 1. The van der Waals surface area contributed by atoms with E-state index in [2.05, 4.69) is 11.9 Å². The van der Waals surface area contributed by atoms with Gasteiger partial charge >= 0.3 is 0 Å². The second kappa shape index (κ2) is 11.9. The number of imidazole rings is 1. The molecule has 0 spiro atoms. The highest BCUT2D eigenvalue weighted by Crippen LogP contribution is 2.42. The minimum Gasteiger partial charge on any atom is -0.872 e. The molecule has 9 nitrogen and oxygen atoms in total. The van der Waals surface area contributed by atoms with Crippen LogP contribution in [0.3, 0.4) is 0 Å². The second-order valence-electron chi connectivity index (χ2n) is 10.2. The van der Waals surface area contributed by atoms with Gasteiger partial charge in [-0.05, 0) is 54.3 Å². The Morgan fingerprint density at radius 2 is 2.02 bits per heavy atom. The summed E-state index contributed by atoms with van der Waals surface area (Å²) in [7, 11) is 1.55. The van der Waals surface area contributed by atoms with Crippen molar-refractivity contribution in [3.8, 4) is 17.2 Å². The first-order chi connectivity index (χ1) is 19.4. The number of rotatable bonds is 11. The minimum atomic E-state index is -0.842. The van der Waals surface area contributed by atoms with Crippen molar-refractivity contribution in [2.45, 2.75) is 58.2 Å². The molecule has 0 bridgehead atoms. The van der Waals surface area contributed by atoms with Gasteiger partial charge in [0.2, 0.25) is 12.1 Å². The van der Waals surface area contributed by atoms with Crippen molar-refractivity contribution in [3.05, 3.63) is 77.4 Å². The van der Waals surface area contributed by atoms with Crippen LogP contribution >= 0.6 is 0 Å². The van der Waals surface area contributed by atoms with Gasteiger partial charge in [-0.3, -0.25) is 14.6 Å². The Bertz CT molecular complexity index is 1410. The van der Waals surface area contributed by atoms with Crippen LogP contribution in [0.2, 0.25) is 0 Å². The van der Waals surface area contributed by atoms with Gasteiger partial charge < -0.3 is 24.2 Å². The third-order valence-electron chi connectivity index (χ3n) is 7.36. The van der Waals surface area contributed by atoms with E-state index in [9.17, 15) is 14.7 Å². The lowest BCUT2D eigenvalue weighted by Gasteiger charge is -2.28. The van der Waals surface area contributed by atoms with E-state index in [-0.39, 0.29) is 11.7 Å². The number of aromatic nitrogens is 2. The number of hydrogen-bond donors (Lipinski definition) is 1. The molecule has 1 aromatic heterocycles. The fourth-order valence-electron chi connectivity index (χ4n) is 5.35. The number of unbranched alkanes of at least 4 members (excludes halogenated alkanes) is 1. The smallest absolute Gasteiger partial charge is 0.295 e. The number of amides is 1. The highest BCUT2D eigenvalue weighted by molar-refractivity contribution is 6.46. The predicted molar refractivity (Wildman–Crippen MR) is 146 cm³/mol. The maximum absolute atomic E-state index is 13.9. The minimum absolute atomic E-state index is 0.0226. The molecule has 1 saturated heterocycles. The van der Waals surface area contributed by atoms with Gasteiger partial charge in [0.1, 0.15) is 24.2 Å². The molecule has 9 heteroatoms. The fraction of sp³-hybridized carbons (Fsp3) is 0.387. The van der Waals surface area contributed by atoms with E-state index in [0.717, 1.165) is 24.2 Å². The highest BCUT2D eigenvalue weighted by atomic mass is 16.5. The van der Waals surface area contributed by atoms with Crippen LogP contribution in [0.5, 0.6) is 17.2 Å². The Hall–Kier alpha value is -4.27. The normalized spacial score (nSPS) is 19.5. The van der Waals surface area contributed by atoms with Crippen LogP contribution in [-0.2, 0) is 22.6 Å².